The van der Waals surface area contributed by atoms with E-state index in [1.807, 2.05) is 6.20 Å². The summed E-state index contributed by atoms with van der Waals surface area (Å²) >= 11 is 0. The fourth-order valence-corrected chi connectivity index (χ4v) is 1.94. The van der Waals surface area contributed by atoms with Gasteiger partial charge in [0.1, 0.15) is 11.6 Å². The molecule has 0 atom stereocenters. The molecule has 114 valence electrons. The molecule has 1 N–H and O–H groups in total. The van der Waals surface area contributed by atoms with Crippen LogP contribution < -0.4 is 10.2 Å². The van der Waals surface area contributed by atoms with Crippen molar-refractivity contribution in [3.05, 3.63) is 12.4 Å². The van der Waals surface area contributed by atoms with Crippen molar-refractivity contribution < 1.29 is 0 Å². The Bertz CT molecular complexity index is 364. The lowest BCUT2D eigenvalue weighted by Gasteiger charge is -2.25. The van der Waals surface area contributed by atoms with Gasteiger partial charge in [-0.3, -0.25) is 4.98 Å². The minimum Gasteiger partial charge on any atom is -0.369 e. The van der Waals surface area contributed by atoms with E-state index in [1.165, 1.54) is 12.8 Å². The maximum Gasteiger partial charge on any atom is 0.149 e. The molecule has 0 saturated carbocycles. The van der Waals surface area contributed by atoms with Gasteiger partial charge >= 0.3 is 0 Å². The molecule has 0 spiro atoms. The monoisotopic (exact) mass is 278 g/mol. The molecular formula is C16H30N4. The van der Waals surface area contributed by atoms with Crippen LogP contribution in [0.25, 0.3) is 0 Å². The second kappa shape index (κ2) is 8.77. The van der Waals surface area contributed by atoms with Gasteiger partial charge in [0.05, 0.1) is 12.4 Å². The van der Waals surface area contributed by atoms with Gasteiger partial charge in [-0.05, 0) is 31.6 Å². The van der Waals surface area contributed by atoms with Gasteiger partial charge in [0.15, 0.2) is 0 Å². The zero-order chi connectivity index (χ0) is 15.0. The highest BCUT2D eigenvalue weighted by atomic mass is 15.2. The number of aromatic nitrogens is 2. The predicted octanol–water partition coefficient (Wildman–Crippen LogP) is 3.81. The fraction of sp³-hybridized carbons (Fsp3) is 0.750. The lowest BCUT2D eigenvalue weighted by molar-refractivity contribution is 0.532. The van der Waals surface area contributed by atoms with Gasteiger partial charge in [0.25, 0.3) is 0 Å². The first-order valence-corrected chi connectivity index (χ1v) is 7.83. The lowest BCUT2D eigenvalue weighted by atomic mass is 10.1. The summed E-state index contributed by atoms with van der Waals surface area (Å²) in [5.74, 6) is 3.27. The SMILES string of the molecule is CCNc1cncc(N(CCC(C)C)CCC(C)C)n1. The average molecular weight is 278 g/mol. The highest BCUT2D eigenvalue weighted by Gasteiger charge is 2.11. The molecule has 0 fully saturated rings. The van der Waals surface area contributed by atoms with Gasteiger partial charge in [0, 0.05) is 19.6 Å². The van der Waals surface area contributed by atoms with Crippen molar-refractivity contribution in [1.82, 2.24) is 9.97 Å². The summed E-state index contributed by atoms with van der Waals surface area (Å²) in [5.41, 5.74) is 0. The number of anilines is 2. The molecule has 0 aliphatic rings. The first-order valence-electron chi connectivity index (χ1n) is 7.83. The first kappa shape index (κ1) is 16.7. The molecule has 1 heterocycles. The molecule has 0 aromatic carbocycles. The molecule has 0 saturated heterocycles. The molecule has 0 aliphatic carbocycles. The second-order valence-electron chi connectivity index (χ2n) is 6.14. The Morgan fingerprint density at radius 3 is 2.15 bits per heavy atom. The van der Waals surface area contributed by atoms with Gasteiger partial charge in [-0.25, -0.2) is 4.98 Å². The summed E-state index contributed by atoms with van der Waals surface area (Å²) in [7, 11) is 0. The highest BCUT2D eigenvalue weighted by molar-refractivity contribution is 5.43. The van der Waals surface area contributed by atoms with Crippen LogP contribution in [-0.2, 0) is 0 Å². The van der Waals surface area contributed by atoms with E-state index >= 15 is 0 Å². The molecule has 4 nitrogen and oxygen atoms in total. The summed E-state index contributed by atoms with van der Waals surface area (Å²) in [6.45, 7) is 14.1. The summed E-state index contributed by atoms with van der Waals surface area (Å²) in [6.07, 6.45) is 6.04. The zero-order valence-electron chi connectivity index (χ0n) is 13.7. The summed E-state index contributed by atoms with van der Waals surface area (Å²) in [6, 6.07) is 0. The number of hydrogen-bond donors (Lipinski definition) is 1. The molecule has 0 aliphatic heterocycles. The fourth-order valence-electron chi connectivity index (χ4n) is 1.94. The number of nitrogens with zero attached hydrogens (tertiary/aromatic N) is 3. The molecule has 20 heavy (non-hydrogen) atoms. The molecular weight excluding hydrogens is 248 g/mol. The first-order chi connectivity index (χ1) is 9.52. The Kier molecular flexibility index (Phi) is 7.34. The molecule has 1 aromatic rings. The van der Waals surface area contributed by atoms with E-state index in [4.69, 9.17) is 0 Å². The second-order valence-corrected chi connectivity index (χ2v) is 6.14. The van der Waals surface area contributed by atoms with E-state index in [9.17, 15) is 0 Å². The Hall–Kier alpha value is -1.32. The molecule has 0 amide bonds. The topological polar surface area (TPSA) is 41.1 Å². The number of hydrogen-bond acceptors (Lipinski definition) is 4. The van der Waals surface area contributed by atoms with Gasteiger partial charge in [-0.1, -0.05) is 27.7 Å². The van der Waals surface area contributed by atoms with Crippen LogP contribution in [0.15, 0.2) is 12.4 Å². The van der Waals surface area contributed by atoms with Crippen molar-refractivity contribution in [3.63, 3.8) is 0 Å². The third-order valence-corrected chi connectivity index (χ3v) is 3.26. The van der Waals surface area contributed by atoms with Crippen LogP contribution in [0.4, 0.5) is 11.6 Å². The predicted molar refractivity (Wildman–Crippen MR) is 87.3 cm³/mol. The molecule has 4 heteroatoms. The van der Waals surface area contributed by atoms with Crippen LogP contribution in [0, 0.1) is 11.8 Å². The number of rotatable bonds is 9. The maximum absolute atomic E-state index is 4.67. The van der Waals surface area contributed by atoms with Crippen molar-refractivity contribution >= 4 is 11.6 Å². The number of nitrogens with one attached hydrogen (secondary N) is 1. The maximum atomic E-state index is 4.67. The minimum absolute atomic E-state index is 0.710. The van der Waals surface area contributed by atoms with E-state index < -0.39 is 0 Å². The van der Waals surface area contributed by atoms with Crippen LogP contribution in [0.5, 0.6) is 0 Å². The van der Waals surface area contributed by atoms with E-state index in [1.54, 1.807) is 6.20 Å². The van der Waals surface area contributed by atoms with Crippen LogP contribution in [0.3, 0.4) is 0 Å². The Balaban J connectivity index is 2.76. The van der Waals surface area contributed by atoms with Crippen LogP contribution in [0.1, 0.15) is 47.5 Å². The Morgan fingerprint density at radius 2 is 1.65 bits per heavy atom. The third kappa shape index (κ3) is 6.22. The molecule has 0 bridgehead atoms. The lowest BCUT2D eigenvalue weighted by Crippen LogP contribution is -2.28. The molecule has 0 radical (unpaired) electrons. The third-order valence-electron chi connectivity index (χ3n) is 3.26. The zero-order valence-corrected chi connectivity index (χ0v) is 13.7. The van der Waals surface area contributed by atoms with E-state index in [0.717, 1.165) is 31.3 Å². The Morgan fingerprint density at radius 1 is 1.05 bits per heavy atom. The van der Waals surface area contributed by atoms with Crippen molar-refractivity contribution in [1.29, 1.82) is 0 Å². The van der Waals surface area contributed by atoms with Gasteiger partial charge < -0.3 is 10.2 Å². The highest BCUT2D eigenvalue weighted by Crippen LogP contribution is 2.16. The van der Waals surface area contributed by atoms with Crippen molar-refractivity contribution in [2.75, 3.05) is 29.9 Å². The van der Waals surface area contributed by atoms with E-state index in [-0.39, 0.29) is 0 Å². The van der Waals surface area contributed by atoms with Gasteiger partial charge in [0.2, 0.25) is 0 Å². The normalized spacial score (nSPS) is 11.2. The van der Waals surface area contributed by atoms with Crippen LogP contribution in [-0.4, -0.2) is 29.6 Å². The quantitative estimate of drug-likeness (QED) is 0.746. The van der Waals surface area contributed by atoms with Crippen molar-refractivity contribution in [2.45, 2.75) is 47.5 Å². The minimum atomic E-state index is 0.710. The standard InChI is InChI=1S/C16H30N4/c1-6-18-15-11-17-12-16(19-15)20(9-7-13(2)3)10-8-14(4)5/h11-14H,6-10H2,1-5H3,(H,18,19). The van der Waals surface area contributed by atoms with E-state index in [0.29, 0.717) is 11.8 Å². The smallest absolute Gasteiger partial charge is 0.149 e. The molecule has 1 aromatic heterocycles. The van der Waals surface area contributed by atoms with Crippen molar-refractivity contribution in [2.24, 2.45) is 11.8 Å². The molecule has 1 rings (SSSR count). The van der Waals surface area contributed by atoms with Gasteiger partial charge in [-0.2, -0.15) is 0 Å². The van der Waals surface area contributed by atoms with Crippen LogP contribution >= 0.6 is 0 Å². The largest absolute Gasteiger partial charge is 0.369 e. The van der Waals surface area contributed by atoms with Crippen LogP contribution in [0.2, 0.25) is 0 Å². The average Bonchev–Trinajstić information content (AvgIpc) is 2.39. The summed E-state index contributed by atoms with van der Waals surface area (Å²) in [5, 5.41) is 3.23. The summed E-state index contributed by atoms with van der Waals surface area (Å²) < 4.78 is 0. The molecule has 0 unspecified atom stereocenters. The van der Waals surface area contributed by atoms with Gasteiger partial charge in [-0.15, -0.1) is 0 Å². The summed E-state index contributed by atoms with van der Waals surface area (Å²) in [4.78, 5) is 11.4. The Labute approximate surface area is 124 Å². The van der Waals surface area contributed by atoms with E-state index in [2.05, 4.69) is 54.8 Å². The van der Waals surface area contributed by atoms with Crippen molar-refractivity contribution in [3.8, 4) is 0 Å².